The molecule has 0 aliphatic rings. The first kappa shape index (κ1) is 8.70. The summed E-state index contributed by atoms with van der Waals surface area (Å²) < 4.78 is 1.01. The fourth-order valence-electron chi connectivity index (χ4n) is 0.918. The molecule has 0 saturated heterocycles. The number of hydrogen-bond donors (Lipinski definition) is 0. The summed E-state index contributed by atoms with van der Waals surface area (Å²) in [5.74, 6) is 0. The summed E-state index contributed by atoms with van der Waals surface area (Å²) in [5.41, 5.74) is 0. The second-order valence-corrected chi connectivity index (χ2v) is 3.00. The van der Waals surface area contributed by atoms with Gasteiger partial charge in [-0.1, -0.05) is 13.5 Å². The summed E-state index contributed by atoms with van der Waals surface area (Å²) in [7, 11) is 4.39. The average molecular weight is 127 g/mol. The van der Waals surface area contributed by atoms with Gasteiger partial charge < -0.3 is 4.48 Å². The third-order valence-electron chi connectivity index (χ3n) is 1.30. The maximum Gasteiger partial charge on any atom is 0.0967 e. The Morgan fingerprint density at radius 3 is 2.22 bits per heavy atom. The minimum atomic E-state index is 1.01. The quantitative estimate of drug-likeness (QED) is 0.396. The van der Waals surface area contributed by atoms with Gasteiger partial charge in [0.2, 0.25) is 0 Å². The van der Waals surface area contributed by atoms with Gasteiger partial charge in [0.25, 0.3) is 0 Å². The summed E-state index contributed by atoms with van der Waals surface area (Å²) in [6.45, 7) is 7.95. The maximum absolute atomic E-state index is 3.70. The molecule has 0 fully saturated rings. The van der Waals surface area contributed by atoms with Gasteiger partial charge in [-0.15, -0.1) is 0 Å². The molecule has 0 unspecified atom stereocenters. The van der Waals surface area contributed by atoms with Crippen molar-refractivity contribution < 1.29 is 4.48 Å². The standard InChI is InChI=1S/C8H17N/c1-5-7-9(3,4)8-6-2/h5-6H,1,7-8H2,2-4H3/q+1. The second kappa shape index (κ2) is 3.67. The second-order valence-electron chi connectivity index (χ2n) is 3.00. The van der Waals surface area contributed by atoms with E-state index in [1.807, 2.05) is 6.08 Å². The molecule has 0 atom stereocenters. The van der Waals surface area contributed by atoms with E-state index in [-0.39, 0.29) is 0 Å². The van der Waals surface area contributed by atoms with Crippen LogP contribution in [0.15, 0.2) is 12.7 Å². The molecule has 1 heteroatoms. The normalized spacial score (nSPS) is 11.4. The van der Waals surface area contributed by atoms with Crippen LogP contribution in [0.3, 0.4) is 0 Å². The Hall–Kier alpha value is -0.300. The van der Waals surface area contributed by atoms with Crippen molar-refractivity contribution in [2.24, 2.45) is 0 Å². The van der Waals surface area contributed by atoms with Gasteiger partial charge in [-0.05, 0) is 6.08 Å². The molecule has 0 spiro atoms. The van der Waals surface area contributed by atoms with Crippen molar-refractivity contribution >= 4 is 0 Å². The lowest BCUT2D eigenvalue weighted by atomic mass is 10.3. The van der Waals surface area contributed by atoms with E-state index >= 15 is 0 Å². The molecule has 0 N–H and O–H groups in total. The molecule has 0 aromatic rings. The smallest absolute Gasteiger partial charge is 0.0967 e. The van der Waals surface area contributed by atoms with Gasteiger partial charge in [-0.3, -0.25) is 0 Å². The van der Waals surface area contributed by atoms with Crippen molar-refractivity contribution in [3.63, 3.8) is 0 Å². The number of likely N-dealkylation sites (N-methyl/N-ethyl adjacent to an activating group) is 1. The van der Waals surface area contributed by atoms with Gasteiger partial charge in [0.05, 0.1) is 27.2 Å². The Kier molecular flexibility index (Phi) is 3.55. The maximum atomic E-state index is 3.70. The van der Waals surface area contributed by atoms with Gasteiger partial charge in [0.15, 0.2) is 0 Å². The van der Waals surface area contributed by atoms with Crippen LogP contribution in [0.2, 0.25) is 0 Å². The first-order chi connectivity index (χ1) is 4.12. The minimum Gasteiger partial charge on any atom is -0.325 e. The average Bonchev–Trinajstić information content (AvgIpc) is 1.64. The van der Waals surface area contributed by atoms with E-state index in [4.69, 9.17) is 0 Å². The van der Waals surface area contributed by atoms with Crippen molar-refractivity contribution in [3.8, 4) is 0 Å². The number of nitrogens with zero attached hydrogens (tertiary/aromatic N) is 1. The molecule has 9 heavy (non-hydrogen) atoms. The van der Waals surface area contributed by atoms with Crippen molar-refractivity contribution in [2.75, 3.05) is 27.2 Å². The van der Waals surface area contributed by atoms with E-state index in [1.54, 1.807) is 0 Å². The highest BCUT2D eigenvalue weighted by atomic mass is 15.3. The largest absolute Gasteiger partial charge is 0.325 e. The molecule has 0 amide bonds. The van der Waals surface area contributed by atoms with Crippen molar-refractivity contribution in [2.45, 2.75) is 6.92 Å². The summed E-state index contributed by atoms with van der Waals surface area (Å²) in [4.78, 5) is 0. The molecule has 0 saturated carbocycles. The first-order valence-electron chi connectivity index (χ1n) is 3.33. The molecular formula is C8H17N+. The predicted molar refractivity (Wildman–Crippen MR) is 42.0 cm³/mol. The first-order valence-corrected chi connectivity index (χ1v) is 3.33. The van der Waals surface area contributed by atoms with Crippen LogP contribution in [-0.4, -0.2) is 31.7 Å². The summed E-state index contributed by atoms with van der Waals surface area (Å²) in [6, 6.07) is 0. The van der Waals surface area contributed by atoms with E-state index in [2.05, 4.69) is 34.0 Å². The molecule has 1 nitrogen and oxygen atoms in total. The Morgan fingerprint density at radius 1 is 1.33 bits per heavy atom. The summed E-state index contributed by atoms with van der Waals surface area (Å²) >= 11 is 0. The molecular weight excluding hydrogens is 110 g/mol. The number of rotatable bonds is 4. The minimum absolute atomic E-state index is 1.01. The monoisotopic (exact) mass is 127 g/mol. The van der Waals surface area contributed by atoms with E-state index < -0.39 is 0 Å². The molecule has 0 aliphatic heterocycles. The predicted octanol–water partition coefficient (Wildman–Crippen LogP) is 1.47. The van der Waals surface area contributed by atoms with Crippen molar-refractivity contribution in [1.82, 2.24) is 0 Å². The van der Waals surface area contributed by atoms with Crippen molar-refractivity contribution in [1.29, 1.82) is 0 Å². The molecule has 0 aliphatic carbocycles. The van der Waals surface area contributed by atoms with Crippen LogP contribution in [0.5, 0.6) is 0 Å². The van der Waals surface area contributed by atoms with Crippen LogP contribution in [-0.2, 0) is 0 Å². The van der Waals surface area contributed by atoms with Gasteiger partial charge in [-0.2, -0.15) is 0 Å². The van der Waals surface area contributed by atoms with Crippen LogP contribution < -0.4 is 0 Å². The molecule has 0 heterocycles. The Bertz CT molecular complexity index is 84.6. The lowest BCUT2D eigenvalue weighted by Crippen LogP contribution is -2.40. The lowest BCUT2D eigenvalue weighted by molar-refractivity contribution is -0.880. The molecule has 53 valence electrons. The van der Waals surface area contributed by atoms with Gasteiger partial charge >= 0.3 is 0 Å². The topological polar surface area (TPSA) is 0 Å². The van der Waals surface area contributed by atoms with Crippen LogP contribution >= 0.6 is 0 Å². The Morgan fingerprint density at radius 2 is 1.89 bits per heavy atom. The summed E-state index contributed by atoms with van der Waals surface area (Å²) in [6.07, 6.45) is 4.15. The molecule has 0 rings (SSSR count). The number of hydrogen-bond acceptors (Lipinski definition) is 0. The fourth-order valence-corrected chi connectivity index (χ4v) is 0.918. The third-order valence-corrected chi connectivity index (χ3v) is 1.30. The highest BCUT2D eigenvalue weighted by molar-refractivity contribution is 4.66. The zero-order valence-corrected chi connectivity index (χ0v) is 6.72. The fraction of sp³-hybridized carbons (Fsp3) is 0.625. The van der Waals surface area contributed by atoms with Crippen LogP contribution in [0, 0.1) is 6.42 Å². The third kappa shape index (κ3) is 4.22. The van der Waals surface area contributed by atoms with E-state index in [0.717, 1.165) is 17.6 Å². The zero-order chi connectivity index (χ0) is 7.33. The van der Waals surface area contributed by atoms with Crippen LogP contribution in [0.4, 0.5) is 0 Å². The van der Waals surface area contributed by atoms with Crippen LogP contribution in [0.1, 0.15) is 6.92 Å². The van der Waals surface area contributed by atoms with E-state index in [0.29, 0.717) is 0 Å². The van der Waals surface area contributed by atoms with Gasteiger partial charge in [0, 0.05) is 6.42 Å². The van der Waals surface area contributed by atoms with Crippen LogP contribution in [0.25, 0.3) is 0 Å². The van der Waals surface area contributed by atoms with Gasteiger partial charge in [0.1, 0.15) is 0 Å². The molecule has 0 aromatic carbocycles. The van der Waals surface area contributed by atoms with E-state index in [1.165, 1.54) is 0 Å². The SMILES string of the molecule is C=CC[N+](C)(C)C[CH]C. The Balaban J connectivity index is 3.55. The highest BCUT2D eigenvalue weighted by Gasteiger charge is 2.09. The molecule has 0 aromatic heterocycles. The zero-order valence-electron chi connectivity index (χ0n) is 6.72. The number of quaternary nitrogens is 1. The summed E-state index contributed by atoms with van der Waals surface area (Å²) in [5, 5.41) is 0. The Labute approximate surface area is 58.6 Å². The highest BCUT2D eigenvalue weighted by Crippen LogP contribution is 1.96. The van der Waals surface area contributed by atoms with E-state index in [9.17, 15) is 0 Å². The van der Waals surface area contributed by atoms with Crippen molar-refractivity contribution in [3.05, 3.63) is 19.1 Å². The molecule has 0 bridgehead atoms. The molecule has 1 radical (unpaired) electrons. The lowest BCUT2D eigenvalue weighted by Gasteiger charge is -2.27. The van der Waals surface area contributed by atoms with Gasteiger partial charge in [-0.25, -0.2) is 0 Å².